The number of ether oxygens (including phenoxy) is 3. The average molecular weight is 366 g/mol. The highest BCUT2D eigenvalue weighted by Gasteiger charge is 2.18. The van der Waals surface area contributed by atoms with E-state index in [0.717, 1.165) is 19.3 Å². The number of nitrogens with one attached hydrogen (secondary N) is 2. The van der Waals surface area contributed by atoms with Gasteiger partial charge in [-0.15, -0.1) is 0 Å². The Kier molecular flexibility index (Phi) is 9.97. The zero-order chi connectivity index (χ0) is 19.4. The quantitative estimate of drug-likeness (QED) is 0.464. The lowest BCUT2D eigenvalue weighted by Crippen LogP contribution is -2.41. The molecule has 0 aliphatic rings. The fourth-order valence-corrected chi connectivity index (χ4v) is 2.32. The van der Waals surface area contributed by atoms with Crippen LogP contribution in [-0.4, -0.2) is 31.6 Å². The van der Waals surface area contributed by atoms with Crippen molar-refractivity contribution in [1.82, 2.24) is 10.9 Å². The summed E-state index contributed by atoms with van der Waals surface area (Å²) < 4.78 is 16.8. The minimum absolute atomic E-state index is 0.215. The molecule has 0 bridgehead atoms. The second-order valence-electron chi connectivity index (χ2n) is 5.56. The number of unbranched alkanes of at least 4 members (excludes halogenated alkanes) is 2. The number of rotatable bonds is 11. The van der Waals surface area contributed by atoms with Crippen LogP contribution >= 0.6 is 0 Å². The number of carbonyl (C=O) groups excluding carboxylic acids is 2. The van der Waals surface area contributed by atoms with E-state index in [1.807, 2.05) is 20.8 Å². The molecular weight excluding hydrogens is 336 g/mol. The van der Waals surface area contributed by atoms with Gasteiger partial charge in [-0.2, -0.15) is 0 Å². The van der Waals surface area contributed by atoms with Gasteiger partial charge in [0.25, 0.3) is 5.91 Å². The first-order valence-electron chi connectivity index (χ1n) is 9.22. The van der Waals surface area contributed by atoms with Gasteiger partial charge < -0.3 is 14.2 Å². The van der Waals surface area contributed by atoms with Gasteiger partial charge in [0.2, 0.25) is 11.7 Å². The summed E-state index contributed by atoms with van der Waals surface area (Å²) in [5, 5.41) is 0. The van der Waals surface area contributed by atoms with E-state index in [4.69, 9.17) is 14.2 Å². The van der Waals surface area contributed by atoms with Crippen molar-refractivity contribution in [2.75, 3.05) is 19.8 Å². The van der Waals surface area contributed by atoms with E-state index in [0.29, 0.717) is 49.1 Å². The lowest BCUT2D eigenvalue weighted by molar-refractivity contribution is -0.121. The molecule has 1 aromatic rings. The molecule has 0 atom stereocenters. The van der Waals surface area contributed by atoms with Crippen LogP contribution in [0.1, 0.15) is 63.7 Å². The van der Waals surface area contributed by atoms with E-state index in [1.54, 1.807) is 12.1 Å². The second-order valence-corrected chi connectivity index (χ2v) is 5.56. The molecule has 0 radical (unpaired) electrons. The van der Waals surface area contributed by atoms with Crippen molar-refractivity contribution >= 4 is 11.8 Å². The third kappa shape index (κ3) is 6.82. The minimum atomic E-state index is -0.446. The Labute approximate surface area is 155 Å². The number of hydrogen-bond donors (Lipinski definition) is 2. The standard InChI is InChI=1S/C19H30N2O5/c1-5-9-10-11-17(22)20-21-19(23)14-12-15(24-6-2)18(26-8-4)16(13-14)25-7-3/h12-13H,5-11H2,1-4H3,(H,20,22)(H,21,23). The second kappa shape index (κ2) is 12.0. The summed E-state index contributed by atoms with van der Waals surface area (Å²) >= 11 is 0. The number of benzene rings is 1. The van der Waals surface area contributed by atoms with E-state index >= 15 is 0 Å². The summed E-state index contributed by atoms with van der Waals surface area (Å²) in [6, 6.07) is 3.16. The first kappa shape index (κ1) is 21.6. The van der Waals surface area contributed by atoms with Gasteiger partial charge in [0, 0.05) is 12.0 Å². The molecule has 1 aromatic carbocycles. The molecule has 0 aromatic heterocycles. The number of carbonyl (C=O) groups is 2. The molecule has 2 N–H and O–H groups in total. The topological polar surface area (TPSA) is 85.9 Å². The predicted molar refractivity (Wildman–Crippen MR) is 99.7 cm³/mol. The van der Waals surface area contributed by atoms with E-state index in [9.17, 15) is 9.59 Å². The molecule has 0 saturated carbocycles. The van der Waals surface area contributed by atoms with Crippen molar-refractivity contribution in [2.45, 2.75) is 53.4 Å². The van der Waals surface area contributed by atoms with E-state index in [-0.39, 0.29) is 5.91 Å². The van der Waals surface area contributed by atoms with Crippen molar-refractivity contribution < 1.29 is 23.8 Å². The Bertz CT molecular complexity index is 562. The van der Waals surface area contributed by atoms with Crippen LogP contribution in [0.5, 0.6) is 17.2 Å². The van der Waals surface area contributed by atoms with Gasteiger partial charge in [-0.05, 0) is 39.3 Å². The summed E-state index contributed by atoms with van der Waals surface area (Å²) in [5.74, 6) is 0.669. The van der Waals surface area contributed by atoms with Crippen LogP contribution in [0.15, 0.2) is 12.1 Å². The van der Waals surface area contributed by atoms with Gasteiger partial charge in [0.1, 0.15) is 0 Å². The highest BCUT2D eigenvalue weighted by atomic mass is 16.5. The summed E-state index contributed by atoms with van der Waals surface area (Å²) in [4.78, 5) is 24.1. The molecule has 0 heterocycles. The van der Waals surface area contributed by atoms with Gasteiger partial charge in [-0.1, -0.05) is 19.8 Å². The molecule has 146 valence electrons. The predicted octanol–water partition coefficient (Wildman–Crippen LogP) is 3.22. The largest absolute Gasteiger partial charge is 0.490 e. The fraction of sp³-hybridized carbons (Fsp3) is 0.579. The number of hydrogen-bond acceptors (Lipinski definition) is 5. The Morgan fingerprint density at radius 2 is 1.42 bits per heavy atom. The molecule has 26 heavy (non-hydrogen) atoms. The Morgan fingerprint density at radius 3 is 1.92 bits per heavy atom. The van der Waals surface area contributed by atoms with Gasteiger partial charge in [-0.3, -0.25) is 20.4 Å². The van der Waals surface area contributed by atoms with Crippen molar-refractivity contribution in [3.8, 4) is 17.2 Å². The smallest absolute Gasteiger partial charge is 0.269 e. The SMILES string of the molecule is CCCCCC(=O)NNC(=O)c1cc(OCC)c(OCC)c(OCC)c1. The van der Waals surface area contributed by atoms with Crippen LogP contribution in [0.25, 0.3) is 0 Å². The molecule has 2 amide bonds. The maximum absolute atomic E-state index is 12.4. The van der Waals surface area contributed by atoms with Crippen LogP contribution in [0.4, 0.5) is 0 Å². The molecule has 0 spiro atoms. The van der Waals surface area contributed by atoms with Crippen molar-refractivity contribution in [3.63, 3.8) is 0 Å². The first-order valence-corrected chi connectivity index (χ1v) is 9.22. The third-order valence-corrected chi connectivity index (χ3v) is 3.49. The molecule has 7 heteroatoms. The minimum Gasteiger partial charge on any atom is -0.490 e. The molecule has 7 nitrogen and oxygen atoms in total. The lowest BCUT2D eigenvalue weighted by atomic mass is 10.1. The average Bonchev–Trinajstić information content (AvgIpc) is 2.62. The monoisotopic (exact) mass is 366 g/mol. The zero-order valence-corrected chi connectivity index (χ0v) is 16.1. The Hall–Kier alpha value is -2.44. The van der Waals surface area contributed by atoms with Gasteiger partial charge >= 0.3 is 0 Å². The summed E-state index contributed by atoms with van der Waals surface area (Å²) in [6.45, 7) is 8.91. The van der Waals surface area contributed by atoms with Gasteiger partial charge in [0.15, 0.2) is 11.5 Å². The van der Waals surface area contributed by atoms with Crippen LogP contribution in [0.2, 0.25) is 0 Å². The maximum Gasteiger partial charge on any atom is 0.269 e. The molecular formula is C19H30N2O5. The molecule has 0 saturated heterocycles. The number of amides is 2. The van der Waals surface area contributed by atoms with E-state index in [2.05, 4.69) is 17.8 Å². The summed E-state index contributed by atoms with van der Waals surface area (Å²) in [5.41, 5.74) is 5.17. The Morgan fingerprint density at radius 1 is 0.846 bits per heavy atom. The third-order valence-electron chi connectivity index (χ3n) is 3.49. The molecule has 0 unspecified atom stereocenters. The van der Waals surface area contributed by atoms with Gasteiger partial charge in [-0.25, -0.2) is 0 Å². The van der Waals surface area contributed by atoms with Gasteiger partial charge in [0.05, 0.1) is 19.8 Å². The zero-order valence-electron chi connectivity index (χ0n) is 16.1. The lowest BCUT2D eigenvalue weighted by Gasteiger charge is -2.17. The van der Waals surface area contributed by atoms with Crippen LogP contribution < -0.4 is 25.1 Å². The normalized spacial score (nSPS) is 10.2. The van der Waals surface area contributed by atoms with E-state index < -0.39 is 5.91 Å². The molecule has 1 rings (SSSR count). The fourth-order valence-electron chi connectivity index (χ4n) is 2.32. The van der Waals surface area contributed by atoms with Crippen LogP contribution in [0, 0.1) is 0 Å². The molecule has 0 aliphatic heterocycles. The first-order chi connectivity index (χ1) is 12.6. The highest BCUT2D eigenvalue weighted by molar-refractivity contribution is 5.96. The van der Waals surface area contributed by atoms with Crippen molar-refractivity contribution in [3.05, 3.63) is 17.7 Å². The number of hydrazine groups is 1. The molecule has 0 fully saturated rings. The summed E-state index contributed by atoms with van der Waals surface area (Å²) in [6.07, 6.45) is 3.19. The Balaban J connectivity index is 2.89. The highest BCUT2D eigenvalue weighted by Crippen LogP contribution is 2.39. The van der Waals surface area contributed by atoms with Crippen molar-refractivity contribution in [1.29, 1.82) is 0 Å². The van der Waals surface area contributed by atoms with Crippen molar-refractivity contribution in [2.24, 2.45) is 0 Å². The van der Waals surface area contributed by atoms with E-state index in [1.165, 1.54) is 0 Å². The summed E-state index contributed by atoms with van der Waals surface area (Å²) in [7, 11) is 0. The molecule has 0 aliphatic carbocycles. The van der Waals surface area contributed by atoms with Crippen LogP contribution in [-0.2, 0) is 4.79 Å². The van der Waals surface area contributed by atoms with Crippen LogP contribution in [0.3, 0.4) is 0 Å². The maximum atomic E-state index is 12.4.